The summed E-state index contributed by atoms with van der Waals surface area (Å²) in [5.41, 5.74) is 10.6. The van der Waals surface area contributed by atoms with Crippen molar-refractivity contribution in [3.8, 4) is 0 Å². The van der Waals surface area contributed by atoms with Gasteiger partial charge in [-0.25, -0.2) is 0 Å². The Morgan fingerprint density at radius 1 is 1.30 bits per heavy atom. The first-order valence-corrected chi connectivity index (χ1v) is 3.83. The van der Waals surface area contributed by atoms with Crippen LogP contribution in [0, 0.1) is 0 Å². The van der Waals surface area contributed by atoms with Gasteiger partial charge in [-0.1, -0.05) is 0 Å². The molecule has 0 aliphatic carbocycles. The van der Waals surface area contributed by atoms with E-state index in [9.17, 15) is 0 Å². The molecule has 4 N–H and O–H groups in total. The highest BCUT2D eigenvalue weighted by atomic mass is 16.5. The predicted molar refractivity (Wildman–Crippen MR) is 42.8 cm³/mol. The van der Waals surface area contributed by atoms with E-state index in [0.717, 1.165) is 19.4 Å². The molecule has 0 heterocycles. The van der Waals surface area contributed by atoms with Gasteiger partial charge in [0.25, 0.3) is 0 Å². The second-order valence-electron chi connectivity index (χ2n) is 2.40. The summed E-state index contributed by atoms with van der Waals surface area (Å²) in [7, 11) is 0. The van der Waals surface area contributed by atoms with Crippen molar-refractivity contribution >= 4 is 0 Å². The van der Waals surface area contributed by atoms with Crippen LogP contribution in [0.1, 0.15) is 19.8 Å². The Balaban J connectivity index is 2.97. The Labute approximate surface area is 62.7 Å². The molecule has 10 heavy (non-hydrogen) atoms. The van der Waals surface area contributed by atoms with Crippen molar-refractivity contribution < 1.29 is 4.74 Å². The summed E-state index contributed by atoms with van der Waals surface area (Å²) in [4.78, 5) is 0. The van der Waals surface area contributed by atoms with Gasteiger partial charge in [0, 0.05) is 6.61 Å². The van der Waals surface area contributed by atoms with Crippen LogP contribution in [0.15, 0.2) is 0 Å². The molecular formula is C7H18N2O. The molecule has 0 aromatic heterocycles. The molecule has 0 saturated heterocycles. The van der Waals surface area contributed by atoms with Crippen molar-refractivity contribution in [2.45, 2.75) is 25.9 Å². The van der Waals surface area contributed by atoms with E-state index in [-0.39, 0.29) is 6.10 Å². The molecule has 0 spiro atoms. The van der Waals surface area contributed by atoms with E-state index in [0.29, 0.717) is 13.1 Å². The van der Waals surface area contributed by atoms with E-state index < -0.39 is 0 Å². The molecule has 0 aliphatic heterocycles. The average Bonchev–Trinajstić information content (AvgIpc) is 1.89. The van der Waals surface area contributed by atoms with E-state index in [1.807, 2.05) is 6.92 Å². The number of ether oxygens (including phenoxy) is 1. The van der Waals surface area contributed by atoms with Crippen LogP contribution in [0.2, 0.25) is 0 Å². The molecule has 62 valence electrons. The Kier molecular flexibility index (Phi) is 6.91. The fourth-order valence-electron chi connectivity index (χ4n) is 0.686. The first kappa shape index (κ1) is 9.88. The highest BCUT2D eigenvalue weighted by Crippen LogP contribution is 1.95. The third kappa shape index (κ3) is 6.01. The summed E-state index contributed by atoms with van der Waals surface area (Å²) in [5.74, 6) is 0. The van der Waals surface area contributed by atoms with Gasteiger partial charge in [-0.2, -0.15) is 0 Å². The molecule has 0 amide bonds. The quantitative estimate of drug-likeness (QED) is 0.522. The predicted octanol–water partition coefficient (Wildman–Crippen LogP) is 0.0891. The van der Waals surface area contributed by atoms with Crippen molar-refractivity contribution in [2.24, 2.45) is 11.5 Å². The van der Waals surface area contributed by atoms with Gasteiger partial charge in [0.15, 0.2) is 0 Å². The fraction of sp³-hybridized carbons (Fsp3) is 1.00. The summed E-state index contributed by atoms with van der Waals surface area (Å²) < 4.78 is 5.36. The van der Waals surface area contributed by atoms with Crippen LogP contribution in [0.25, 0.3) is 0 Å². The molecule has 0 aromatic rings. The van der Waals surface area contributed by atoms with Crippen LogP contribution in [0.5, 0.6) is 0 Å². The normalized spacial score (nSPS) is 13.5. The molecule has 3 nitrogen and oxygen atoms in total. The van der Waals surface area contributed by atoms with Crippen LogP contribution in [-0.2, 0) is 4.74 Å². The van der Waals surface area contributed by atoms with E-state index in [1.165, 1.54) is 0 Å². The van der Waals surface area contributed by atoms with Gasteiger partial charge in [-0.3, -0.25) is 0 Å². The number of hydrogen-bond donors (Lipinski definition) is 2. The second-order valence-corrected chi connectivity index (χ2v) is 2.40. The SMILES string of the molecule is CC(CCN)OCCCN. The number of rotatable bonds is 6. The van der Waals surface area contributed by atoms with Crippen molar-refractivity contribution in [3.05, 3.63) is 0 Å². The zero-order chi connectivity index (χ0) is 7.82. The second kappa shape index (κ2) is 6.99. The minimum atomic E-state index is 0.288. The van der Waals surface area contributed by atoms with Gasteiger partial charge in [0.1, 0.15) is 0 Å². The minimum absolute atomic E-state index is 0.288. The first-order valence-electron chi connectivity index (χ1n) is 3.83. The molecule has 3 heteroatoms. The summed E-state index contributed by atoms with van der Waals surface area (Å²) in [5, 5.41) is 0. The maximum absolute atomic E-state index is 5.36. The largest absolute Gasteiger partial charge is 0.378 e. The number of hydrogen-bond acceptors (Lipinski definition) is 3. The van der Waals surface area contributed by atoms with Crippen molar-refractivity contribution in [1.82, 2.24) is 0 Å². The van der Waals surface area contributed by atoms with Crippen molar-refractivity contribution in [1.29, 1.82) is 0 Å². The summed E-state index contributed by atoms with van der Waals surface area (Å²) in [6.45, 7) is 4.19. The van der Waals surface area contributed by atoms with E-state index in [4.69, 9.17) is 16.2 Å². The Hall–Kier alpha value is -0.120. The zero-order valence-corrected chi connectivity index (χ0v) is 6.68. The molecule has 0 aliphatic rings. The Morgan fingerprint density at radius 3 is 2.50 bits per heavy atom. The van der Waals surface area contributed by atoms with E-state index >= 15 is 0 Å². The number of nitrogens with two attached hydrogens (primary N) is 2. The topological polar surface area (TPSA) is 61.3 Å². The Morgan fingerprint density at radius 2 is 2.00 bits per heavy atom. The smallest absolute Gasteiger partial charge is 0.0559 e. The van der Waals surface area contributed by atoms with Crippen LogP contribution in [-0.4, -0.2) is 25.8 Å². The molecule has 0 aromatic carbocycles. The van der Waals surface area contributed by atoms with Crippen molar-refractivity contribution in [2.75, 3.05) is 19.7 Å². The molecule has 0 saturated carbocycles. The molecule has 1 atom stereocenters. The molecule has 0 radical (unpaired) electrons. The van der Waals surface area contributed by atoms with Gasteiger partial charge < -0.3 is 16.2 Å². The van der Waals surface area contributed by atoms with Gasteiger partial charge >= 0.3 is 0 Å². The summed E-state index contributed by atoms with van der Waals surface area (Å²) >= 11 is 0. The zero-order valence-electron chi connectivity index (χ0n) is 6.68. The highest BCUT2D eigenvalue weighted by molar-refractivity contribution is 4.50. The third-order valence-corrected chi connectivity index (χ3v) is 1.32. The van der Waals surface area contributed by atoms with Crippen LogP contribution in [0.3, 0.4) is 0 Å². The van der Waals surface area contributed by atoms with Gasteiger partial charge in [-0.15, -0.1) is 0 Å². The van der Waals surface area contributed by atoms with Crippen molar-refractivity contribution in [3.63, 3.8) is 0 Å². The Bertz CT molecular complexity index is 68.6. The lowest BCUT2D eigenvalue weighted by Crippen LogP contribution is -2.16. The molecule has 1 unspecified atom stereocenters. The summed E-state index contributed by atoms with van der Waals surface area (Å²) in [6, 6.07) is 0. The first-order chi connectivity index (χ1) is 4.81. The lowest BCUT2D eigenvalue weighted by Gasteiger charge is -2.10. The monoisotopic (exact) mass is 146 g/mol. The standard InChI is InChI=1S/C7H18N2O/c1-7(3-5-9)10-6-2-4-8/h7H,2-6,8-9H2,1H3. The molecule has 0 fully saturated rings. The lowest BCUT2D eigenvalue weighted by molar-refractivity contribution is 0.0614. The van der Waals surface area contributed by atoms with Gasteiger partial charge in [-0.05, 0) is 32.9 Å². The molecular weight excluding hydrogens is 128 g/mol. The van der Waals surface area contributed by atoms with E-state index in [2.05, 4.69) is 0 Å². The highest BCUT2D eigenvalue weighted by Gasteiger charge is 1.98. The van der Waals surface area contributed by atoms with Gasteiger partial charge in [0.2, 0.25) is 0 Å². The third-order valence-electron chi connectivity index (χ3n) is 1.32. The minimum Gasteiger partial charge on any atom is -0.378 e. The maximum Gasteiger partial charge on any atom is 0.0559 e. The van der Waals surface area contributed by atoms with Crippen LogP contribution >= 0.6 is 0 Å². The maximum atomic E-state index is 5.36. The lowest BCUT2D eigenvalue weighted by atomic mass is 10.3. The van der Waals surface area contributed by atoms with E-state index in [1.54, 1.807) is 0 Å². The van der Waals surface area contributed by atoms with Gasteiger partial charge in [0.05, 0.1) is 6.10 Å². The molecule has 0 rings (SSSR count). The fourth-order valence-corrected chi connectivity index (χ4v) is 0.686. The average molecular weight is 146 g/mol. The van der Waals surface area contributed by atoms with Crippen LogP contribution in [0.4, 0.5) is 0 Å². The summed E-state index contributed by atoms with van der Waals surface area (Å²) in [6.07, 6.45) is 2.16. The van der Waals surface area contributed by atoms with Crippen LogP contribution < -0.4 is 11.5 Å². The molecule has 0 bridgehead atoms.